The molecule has 0 saturated carbocycles. The van der Waals surface area contributed by atoms with E-state index >= 15 is 0 Å². The summed E-state index contributed by atoms with van der Waals surface area (Å²) in [7, 11) is 0. The number of benzene rings is 2. The summed E-state index contributed by atoms with van der Waals surface area (Å²) in [5, 5.41) is 0. The van der Waals surface area contributed by atoms with Crippen LogP contribution in [0.2, 0.25) is 0 Å². The molecule has 0 radical (unpaired) electrons. The van der Waals surface area contributed by atoms with E-state index in [1.165, 1.54) is 18.3 Å². The van der Waals surface area contributed by atoms with Gasteiger partial charge in [-0.1, -0.05) is 30.3 Å². The quantitative estimate of drug-likeness (QED) is 0.688. The summed E-state index contributed by atoms with van der Waals surface area (Å²) in [4.78, 5) is 28.3. The van der Waals surface area contributed by atoms with E-state index < -0.39 is 12.1 Å². The molecule has 0 bridgehead atoms. The van der Waals surface area contributed by atoms with Crippen molar-refractivity contribution in [2.24, 2.45) is 0 Å². The van der Waals surface area contributed by atoms with Crippen molar-refractivity contribution in [3.8, 4) is 0 Å². The zero-order chi connectivity index (χ0) is 15.5. The molecule has 0 aliphatic rings. The fourth-order valence-corrected chi connectivity index (χ4v) is 2.89. The number of carbonyl (C=O) groups is 2. The van der Waals surface area contributed by atoms with E-state index in [4.69, 9.17) is 4.74 Å². The number of rotatable bonds is 4. The lowest BCUT2D eigenvalue weighted by atomic mass is 10.1. The molecule has 1 atom stereocenters. The van der Waals surface area contributed by atoms with E-state index in [2.05, 4.69) is 4.98 Å². The molecule has 22 heavy (non-hydrogen) atoms. The van der Waals surface area contributed by atoms with Gasteiger partial charge in [0.2, 0.25) is 0 Å². The van der Waals surface area contributed by atoms with E-state index in [1.54, 1.807) is 35.8 Å². The molecule has 0 spiro atoms. The summed E-state index contributed by atoms with van der Waals surface area (Å²) in [5.74, 6) is -0.724. The van der Waals surface area contributed by atoms with E-state index in [0.29, 0.717) is 11.1 Å². The van der Waals surface area contributed by atoms with Gasteiger partial charge < -0.3 is 4.74 Å². The lowest BCUT2D eigenvalue weighted by Gasteiger charge is -2.15. The lowest BCUT2D eigenvalue weighted by Crippen LogP contribution is -2.17. The minimum atomic E-state index is -0.883. The van der Waals surface area contributed by atoms with Crippen LogP contribution in [0.4, 0.5) is 0 Å². The third kappa shape index (κ3) is 2.89. The first kappa shape index (κ1) is 14.4. The number of hydrogen-bond acceptors (Lipinski definition) is 5. The number of carbonyl (C=O) groups excluding carboxylic acids is 2. The smallest absolute Gasteiger partial charge is 0.339 e. The van der Waals surface area contributed by atoms with Gasteiger partial charge in [0.15, 0.2) is 11.9 Å². The van der Waals surface area contributed by atoms with Gasteiger partial charge in [-0.15, -0.1) is 11.3 Å². The SMILES string of the molecule is CC(=O)C(OC(=O)c1ccc2ncsc2c1)c1ccccc1. The van der Waals surface area contributed by atoms with Crippen molar-refractivity contribution in [1.29, 1.82) is 0 Å². The van der Waals surface area contributed by atoms with Crippen molar-refractivity contribution in [2.45, 2.75) is 13.0 Å². The standard InChI is InChI=1S/C17H13NO3S/c1-11(19)16(12-5-3-2-4-6-12)21-17(20)13-7-8-14-15(9-13)22-10-18-14/h2-10,16H,1H3. The van der Waals surface area contributed by atoms with Crippen LogP contribution in [0.3, 0.4) is 0 Å². The van der Waals surface area contributed by atoms with Gasteiger partial charge in [0.25, 0.3) is 0 Å². The third-order valence-corrected chi connectivity index (χ3v) is 4.06. The van der Waals surface area contributed by atoms with Crippen molar-refractivity contribution in [3.63, 3.8) is 0 Å². The summed E-state index contributed by atoms with van der Waals surface area (Å²) >= 11 is 1.45. The molecule has 3 rings (SSSR count). The predicted molar refractivity (Wildman–Crippen MR) is 84.9 cm³/mol. The van der Waals surface area contributed by atoms with Gasteiger partial charge >= 0.3 is 5.97 Å². The van der Waals surface area contributed by atoms with Crippen LogP contribution in [-0.4, -0.2) is 16.7 Å². The molecule has 110 valence electrons. The average molecular weight is 311 g/mol. The van der Waals surface area contributed by atoms with Gasteiger partial charge in [-0.2, -0.15) is 0 Å². The van der Waals surface area contributed by atoms with Gasteiger partial charge in [-0.3, -0.25) is 4.79 Å². The van der Waals surface area contributed by atoms with Crippen LogP contribution in [0.25, 0.3) is 10.2 Å². The zero-order valence-corrected chi connectivity index (χ0v) is 12.7. The van der Waals surface area contributed by atoms with Crippen LogP contribution >= 0.6 is 11.3 Å². The number of ether oxygens (including phenoxy) is 1. The topological polar surface area (TPSA) is 56.3 Å². The molecule has 2 aromatic carbocycles. The van der Waals surface area contributed by atoms with E-state index in [1.807, 2.05) is 18.2 Å². The molecule has 5 heteroatoms. The Labute approximate surface area is 131 Å². The monoisotopic (exact) mass is 311 g/mol. The highest BCUT2D eigenvalue weighted by Gasteiger charge is 2.22. The second-order valence-electron chi connectivity index (χ2n) is 4.84. The molecule has 4 nitrogen and oxygen atoms in total. The van der Waals surface area contributed by atoms with Crippen molar-refractivity contribution < 1.29 is 14.3 Å². The molecule has 1 heterocycles. The number of ketones is 1. The first-order chi connectivity index (χ1) is 10.6. The summed E-state index contributed by atoms with van der Waals surface area (Å²) in [5.41, 5.74) is 3.65. The van der Waals surface area contributed by atoms with Gasteiger partial charge in [0.1, 0.15) is 0 Å². The Morgan fingerprint density at radius 1 is 1.14 bits per heavy atom. The minimum Gasteiger partial charge on any atom is -0.446 e. The van der Waals surface area contributed by atoms with Crippen molar-refractivity contribution in [1.82, 2.24) is 4.98 Å². The molecule has 1 aromatic heterocycles. The number of nitrogens with zero attached hydrogens (tertiary/aromatic N) is 1. The van der Waals surface area contributed by atoms with Crippen molar-refractivity contribution in [3.05, 3.63) is 65.2 Å². The highest BCUT2D eigenvalue weighted by Crippen LogP contribution is 2.23. The van der Waals surface area contributed by atoms with Gasteiger partial charge in [0.05, 0.1) is 21.3 Å². The number of Topliss-reactive ketones (excluding diaryl/α,β-unsaturated/α-hetero) is 1. The average Bonchev–Trinajstić information content (AvgIpc) is 3.00. The molecule has 0 fully saturated rings. The largest absolute Gasteiger partial charge is 0.446 e. The Hall–Kier alpha value is -2.53. The molecule has 3 aromatic rings. The first-order valence-electron chi connectivity index (χ1n) is 6.75. The van der Waals surface area contributed by atoms with Crippen molar-refractivity contribution >= 4 is 33.3 Å². The summed E-state index contributed by atoms with van der Waals surface area (Å²) in [6.07, 6.45) is -0.883. The van der Waals surface area contributed by atoms with Crippen molar-refractivity contribution in [2.75, 3.05) is 0 Å². The summed E-state index contributed by atoms with van der Waals surface area (Å²) in [6.45, 7) is 1.41. The molecule has 0 aliphatic heterocycles. The maximum Gasteiger partial charge on any atom is 0.339 e. The number of fused-ring (bicyclic) bond motifs is 1. The maximum absolute atomic E-state index is 12.3. The molecular weight excluding hydrogens is 298 g/mol. The summed E-state index contributed by atoms with van der Waals surface area (Å²) < 4.78 is 6.32. The minimum absolute atomic E-state index is 0.210. The molecule has 1 unspecified atom stereocenters. The molecule has 0 saturated heterocycles. The second kappa shape index (κ2) is 6.07. The van der Waals surface area contributed by atoms with Gasteiger partial charge in [-0.25, -0.2) is 9.78 Å². The number of thiazole rings is 1. The zero-order valence-electron chi connectivity index (χ0n) is 11.9. The molecular formula is C17H13NO3S. The second-order valence-corrected chi connectivity index (χ2v) is 5.73. The van der Waals surface area contributed by atoms with Crippen LogP contribution in [0.1, 0.15) is 28.9 Å². The highest BCUT2D eigenvalue weighted by atomic mass is 32.1. The maximum atomic E-state index is 12.3. The van der Waals surface area contributed by atoms with Crippen LogP contribution < -0.4 is 0 Å². The first-order valence-corrected chi connectivity index (χ1v) is 7.63. The van der Waals surface area contributed by atoms with Crippen LogP contribution in [-0.2, 0) is 9.53 Å². The molecule has 0 amide bonds. The Bertz CT molecular complexity index is 826. The van der Waals surface area contributed by atoms with E-state index in [0.717, 1.165) is 10.2 Å². The number of hydrogen-bond donors (Lipinski definition) is 0. The normalized spacial score (nSPS) is 12.0. The Morgan fingerprint density at radius 3 is 2.64 bits per heavy atom. The summed E-state index contributed by atoms with van der Waals surface area (Å²) in [6, 6.07) is 14.2. The molecule has 0 aliphatic carbocycles. The predicted octanol–water partition coefficient (Wildman–Crippen LogP) is 3.78. The van der Waals surface area contributed by atoms with Gasteiger partial charge in [0, 0.05) is 0 Å². The Morgan fingerprint density at radius 2 is 1.91 bits per heavy atom. The number of esters is 1. The fourth-order valence-electron chi connectivity index (χ4n) is 2.17. The van der Waals surface area contributed by atoms with E-state index in [-0.39, 0.29) is 5.78 Å². The van der Waals surface area contributed by atoms with Crippen LogP contribution in [0.5, 0.6) is 0 Å². The van der Waals surface area contributed by atoms with Crippen LogP contribution in [0, 0.1) is 0 Å². The number of aromatic nitrogens is 1. The van der Waals surface area contributed by atoms with Gasteiger partial charge in [-0.05, 0) is 30.7 Å². The third-order valence-electron chi connectivity index (χ3n) is 3.26. The lowest BCUT2D eigenvalue weighted by molar-refractivity contribution is -0.125. The molecule has 0 N–H and O–H groups in total. The Kier molecular flexibility index (Phi) is 3.98. The van der Waals surface area contributed by atoms with Crippen LogP contribution in [0.15, 0.2) is 54.0 Å². The Balaban J connectivity index is 1.86. The van der Waals surface area contributed by atoms with E-state index in [9.17, 15) is 9.59 Å². The highest BCUT2D eigenvalue weighted by molar-refractivity contribution is 7.16. The fraction of sp³-hybridized carbons (Fsp3) is 0.118.